The van der Waals surface area contributed by atoms with Gasteiger partial charge in [0, 0.05) is 5.39 Å². The summed E-state index contributed by atoms with van der Waals surface area (Å²) in [6.07, 6.45) is 1.58. The van der Waals surface area contributed by atoms with Crippen molar-refractivity contribution in [1.29, 1.82) is 0 Å². The van der Waals surface area contributed by atoms with Crippen molar-refractivity contribution >= 4 is 16.8 Å². The number of nitrogens with one attached hydrogen (secondary N) is 1. The fraction of sp³-hybridized carbons (Fsp3) is 0.158. The Morgan fingerprint density at radius 1 is 1.15 bits per heavy atom. The first-order valence-electron chi connectivity index (χ1n) is 8.16. The minimum atomic E-state index is -0.414. The van der Waals surface area contributed by atoms with Crippen LogP contribution in [0.2, 0.25) is 0 Å². The zero-order valence-electron chi connectivity index (χ0n) is 14.3. The van der Waals surface area contributed by atoms with Gasteiger partial charge >= 0.3 is 0 Å². The smallest absolute Gasteiger partial charge is 0.252 e. The van der Waals surface area contributed by atoms with Crippen LogP contribution in [-0.2, 0) is 0 Å². The van der Waals surface area contributed by atoms with Crippen LogP contribution < -0.4 is 5.32 Å². The van der Waals surface area contributed by atoms with Crippen LogP contribution in [0.5, 0.6) is 0 Å². The Morgan fingerprint density at radius 3 is 2.73 bits per heavy atom. The molecule has 0 saturated heterocycles. The minimum Gasteiger partial charge on any atom is -0.463 e. The maximum Gasteiger partial charge on any atom is 0.252 e. The van der Waals surface area contributed by atoms with E-state index in [0.717, 1.165) is 5.39 Å². The highest BCUT2D eigenvalue weighted by Crippen LogP contribution is 2.25. The van der Waals surface area contributed by atoms with Gasteiger partial charge < -0.3 is 14.3 Å². The second kappa shape index (κ2) is 6.44. The molecule has 0 saturated carbocycles. The van der Waals surface area contributed by atoms with Crippen LogP contribution in [0.4, 0.5) is 0 Å². The molecule has 4 aromatic rings. The summed E-state index contributed by atoms with van der Waals surface area (Å²) in [5.41, 5.74) is 1.82. The van der Waals surface area contributed by atoms with Crippen LogP contribution in [0, 0.1) is 6.92 Å². The number of amides is 1. The molecular weight excluding hydrogens is 332 g/mol. The number of hydrogen-bond acceptors (Lipinski definition) is 6. The lowest BCUT2D eigenvalue weighted by molar-refractivity contribution is 0.0934. The molecule has 1 aromatic carbocycles. The van der Waals surface area contributed by atoms with Gasteiger partial charge in [-0.1, -0.05) is 23.4 Å². The first kappa shape index (κ1) is 16.0. The zero-order valence-corrected chi connectivity index (χ0v) is 14.3. The topological polar surface area (TPSA) is 94.1 Å². The number of aryl methyl sites for hydroxylation is 1. The number of carbonyl (C=O) groups is 1. The third-order valence-electron chi connectivity index (χ3n) is 4.00. The van der Waals surface area contributed by atoms with Crippen molar-refractivity contribution in [3.63, 3.8) is 0 Å². The Balaban J connectivity index is 1.73. The first-order valence-corrected chi connectivity index (χ1v) is 8.16. The molecule has 0 fully saturated rings. The Kier molecular flexibility index (Phi) is 3.96. The number of aromatic nitrogens is 3. The van der Waals surface area contributed by atoms with Gasteiger partial charge in [-0.25, -0.2) is 4.98 Å². The van der Waals surface area contributed by atoms with Crippen molar-refractivity contribution in [1.82, 2.24) is 20.4 Å². The highest BCUT2D eigenvalue weighted by atomic mass is 16.5. The molecule has 26 heavy (non-hydrogen) atoms. The molecule has 1 atom stereocenters. The maximum absolute atomic E-state index is 12.9. The van der Waals surface area contributed by atoms with Crippen molar-refractivity contribution in [3.8, 4) is 11.5 Å². The lowest BCUT2D eigenvalue weighted by Crippen LogP contribution is -2.27. The second-order valence-corrected chi connectivity index (χ2v) is 5.92. The van der Waals surface area contributed by atoms with E-state index in [1.165, 1.54) is 0 Å². The molecule has 1 amide bonds. The summed E-state index contributed by atoms with van der Waals surface area (Å²) >= 11 is 0. The number of pyridine rings is 1. The van der Waals surface area contributed by atoms with Gasteiger partial charge in [-0.2, -0.15) is 4.98 Å². The van der Waals surface area contributed by atoms with E-state index < -0.39 is 6.04 Å². The van der Waals surface area contributed by atoms with Crippen molar-refractivity contribution in [2.24, 2.45) is 0 Å². The minimum absolute atomic E-state index is 0.250. The molecule has 7 heteroatoms. The number of carbonyl (C=O) groups excluding carboxylic acids is 1. The van der Waals surface area contributed by atoms with Gasteiger partial charge in [0.05, 0.1) is 17.3 Å². The molecule has 0 aliphatic rings. The monoisotopic (exact) mass is 348 g/mol. The summed E-state index contributed by atoms with van der Waals surface area (Å²) in [6, 6.07) is 12.4. The number of benzene rings is 1. The normalized spacial score (nSPS) is 12.2. The Morgan fingerprint density at radius 2 is 2.00 bits per heavy atom. The first-order chi connectivity index (χ1) is 12.6. The van der Waals surface area contributed by atoms with Gasteiger partial charge in [0.25, 0.3) is 5.91 Å². The number of hydrogen-bond donors (Lipinski definition) is 1. The molecule has 7 nitrogen and oxygen atoms in total. The third-order valence-corrected chi connectivity index (χ3v) is 4.00. The maximum atomic E-state index is 12.9. The molecule has 0 spiro atoms. The average molecular weight is 348 g/mol. The quantitative estimate of drug-likeness (QED) is 0.604. The van der Waals surface area contributed by atoms with Gasteiger partial charge in [-0.05, 0) is 38.1 Å². The van der Waals surface area contributed by atoms with Gasteiger partial charge in [-0.15, -0.1) is 0 Å². The highest BCUT2D eigenvalue weighted by molar-refractivity contribution is 6.07. The van der Waals surface area contributed by atoms with Crippen molar-refractivity contribution in [2.75, 3.05) is 0 Å². The molecule has 0 aliphatic heterocycles. The van der Waals surface area contributed by atoms with Crippen LogP contribution in [0.25, 0.3) is 22.4 Å². The van der Waals surface area contributed by atoms with Crippen LogP contribution in [0.1, 0.15) is 35.0 Å². The molecular formula is C19H16N4O3. The molecule has 0 aliphatic carbocycles. The average Bonchev–Trinajstić information content (AvgIpc) is 3.32. The third kappa shape index (κ3) is 2.95. The van der Waals surface area contributed by atoms with E-state index in [9.17, 15) is 4.79 Å². The van der Waals surface area contributed by atoms with E-state index in [0.29, 0.717) is 34.2 Å². The van der Waals surface area contributed by atoms with Crippen molar-refractivity contribution in [3.05, 3.63) is 66.0 Å². The molecule has 4 rings (SSSR count). The summed E-state index contributed by atoms with van der Waals surface area (Å²) in [6.45, 7) is 3.52. The number of fused-ring (bicyclic) bond motifs is 1. The van der Waals surface area contributed by atoms with Crippen molar-refractivity contribution in [2.45, 2.75) is 19.9 Å². The van der Waals surface area contributed by atoms with E-state index in [1.807, 2.05) is 30.3 Å². The van der Waals surface area contributed by atoms with Crippen LogP contribution in [-0.4, -0.2) is 21.0 Å². The van der Waals surface area contributed by atoms with Crippen LogP contribution in [0.3, 0.4) is 0 Å². The fourth-order valence-corrected chi connectivity index (χ4v) is 2.74. The highest BCUT2D eigenvalue weighted by Gasteiger charge is 2.20. The predicted octanol–water partition coefficient (Wildman–Crippen LogP) is 3.68. The predicted molar refractivity (Wildman–Crippen MR) is 94.4 cm³/mol. The molecule has 130 valence electrons. The summed E-state index contributed by atoms with van der Waals surface area (Å²) in [5.74, 6) is 1.24. The standard InChI is InChI=1S/C19H16N4O3/c1-11(19-21-12(2)23-26-19)20-18(24)14-10-16(17-8-5-9-25-17)22-15-7-4-3-6-13(14)15/h3-11H,1-2H3,(H,20,24)/t11-/m1/s1. The molecule has 0 bridgehead atoms. The largest absolute Gasteiger partial charge is 0.463 e. The van der Waals surface area contributed by atoms with Gasteiger partial charge in [0.1, 0.15) is 11.7 Å². The number of para-hydroxylation sites is 1. The van der Waals surface area contributed by atoms with E-state index in [-0.39, 0.29) is 5.91 Å². The lowest BCUT2D eigenvalue weighted by atomic mass is 10.1. The van der Waals surface area contributed by atoms with E-state index in [1.54, 1.807) is 32.2 Å². The van der Waals surface area contributed by atoms with Crippen LogP contribution >= 0.6 is 0 Å². The Bertz CT molecular complexity index is 1070. The van der Waals surface area contributed by atoms with Crippen molar-refractivity contribution < 1.29 is 13.7 Å². The summed E-state index contributed by atoms with van der Waals surface area (Å²) in [5, 5.41) is 7.41. The summed E-state index contributed by atoms with van der Waals surface area (Å²) in [7, 11) is 0. The number of rotatable bonds is 4. The van der Waals surface area contributed by atoms with Gasteiger partial charge in [0.2, 0.25) is 5.89 Å². The molecule has 0 unspecified atom stereocenters. The number of nitrogens with zero attached hydrogens (tertiary/aromatic N) is 3. The SMILES string of the molecule is Cc1noc([C@@H](C)NC(=O)c2cc(-c3ccco3)nc3ccccc23)n1. The molecule has 3 heterocycles. The molecule has 3 aromatic heterocycles. The second-order valence-electron chi connectivity index (χ2n) is 5.92. The lowest BCUT2D eigenvalue weighted by Gasteiger charge is -2.12. The summed E-state index contributed by atoms with van der Waals surface area (Å²) < 4.78 is 10.6. The Hall–Kier alpha value is -3.48. The fourth-order valence-electron chi connectivity index (χ4n) is 2.74. The summed E-state index contributed by atoms with van der Waals surface area (Å²) in [4.78, 5) is 21.7. The zero-order chi connectivity index (χ0) is 18.1. The van der Waals surface area contributed by atoms with E-state index in [2.05, 4.69) is 20.4 Å². The molecule has 1 N–H and O–H groups in total. The van der Waals surface area contributed by atoms with Gasteiger partial charge in [0.15, 0.2) is 11.6 Å². The van der Waals surface area contributed by atoms with E-state index >= 15 is 0 Å². The molecule has 0 radical (unpaired) electrons. The van der Waals surface area contributed by atoms with Gasteiger partial charge in [-0.3, -0.25) is 4.79 Å². The van der Waals surface area contributed by atoms with E-state index in [4.69, 9.17) is 8.94 Å². The van der Waals surface area contributed by atoms with Crippen LogP contribution in [0.15, 0.2) is 57.7 Å². The number of furan rings is 1. The Labute approximate surface area is 149 Å².